The van der Waals surface area contributed by atoms with E-state index in [1.165, 1.54) is 57.8 Å². The molecule has 29 heavy (non-hydrogen) atoms. The zero-order valence-electron chi connectivity index (χ0n) is 18.5. The Labute approximate surface area is 176 Å². The molecule has 0 aliphatic rings. The van der Waals surface area contributed by atoms with Crippen molar-refractivity contribution in [2.24, 2.45) is 0 Å². The molecular formula is C24H39NO4. The van der Waals surface area contributed by atoms with E-state index in [0.29, 0.717) is 17.9 Å². The third kappa shape index (κ3) is 11.5. The molecule has 1 aromatic rings. The fourth-order valence-electron chi connectivity index (χ4n) is 3.15. The van der Waals surface area contributed by atoms with Crippen LogP contribution < -0.4 is 10.1 Å². The third-order valence-electron chi connectivity index (χ3n) is 5.05. The summed E-state index contributed by atoms with van der Waals surface area (Å²) in [4.78, 5) is 24.2. The van der Waals surface area contributed by atoms with Gasteiger partial charge in [-0.3, -0.25) is 4.79 Å². The molecule has 1 amide bonds. The van der Waals surface area contributed by atoms with Crippen molar-refractivity contribution >= 4 is 11.9 Å². The van der Waals surface area contributed by atoms with Crippen molar-refractivity contribution in [1.29, 1.82) is 0 Å². The highest BCUT2D eigenvalue weighted by molar-refractivity contribution is 5.96. The Bertz CT molecular complexity index is 571. The summed E-state index contributed by atoms with van der Waals surface area (Å²) in [5.74, 6) is -0.00767. The zero-order chi connectivity index (χ0) is 21.3. The summed E-state index contributed by atoms with van der Waals surface area (Å²) < 4.78 is 10.4. The molecule has 0 heterocycles. The highest BCUT2D eigenvalue weighted by Crippen LogP contribution is 2.12. The molecule has 0 aliphatic carbocycles. The molecule has 0 saturated heterocycles. The predicted octanol–water partition coefficient (Wildman–Crippen LogP) is 5.67. The molecule has 5 nitrogen and oxygen atoms in total. The summed E-state index contributed by atoms with van der Waals surface area (Å²) in [6.45, 7) is 4.30. The molecule has 0 spiro atoms. The van der Waals surface area contributed by atoms with Crippen molar-refractivity contribution in [3.05, 3.63) is 29.8 Å². The first-order valence-corrected chi connectivity index (χ1v) is 11.2. The maximum absolute atomic E-state index is 12.2. The molecule has 1 aromatic carbocycles. The number of unbranched alkanes of at least 4 members (excludes halogenated alkanes) is 10. The van der Waals surface area contributed by atoms with Gasteiger partial charge in [-0.25, -0.2) is 4.79 Å². The van der Waals surface area contributed by atoms with Crippen LogP contribution in [0.5, 0.6) is 5.75 Å². The number of ether oxygens (including phenoxy) is 2. The molecule has 164 valence electrons. The van der Waals surface area contributed by atoms with Gasteiger partial charge in [-0.2, -0.15) is 0 Å². The minimum Gasteiger partial charge on any atom is -0.497 e. The third-order valence-corrected chi connectivity index (χ3v) is 5.05. The molecule has 1 rings (SSSR count). The summed E-state index contributed by atoms with van der Waals surface area (Å²) in [7, 11) is 1.57. The van der Waals surface area contributed by atoms with Crippen LogP contribution in [0, 0.1) is 0 Å². The topological polar surface area (TPSA) is 64.6 Å². The number of methoxy groups -OCH3 is 1. The van der Waals surface area contributed by atoms with Crippen LogP contribution in [-0.2, 0) is 9.53 Å². The maximum Gasteiger partial charge on any atom is 0.328 e. The average molecular weight is 406 g/mol. The number of carbonyl (C=O) groups excluding carboxylic acids is 2. The summed E-state index contributed by atoms with van der Waals surface area (Å²) in [5, 5.41) is 2.67. The number of amides is 1. The number of hydrogen-bond acceptors (Lipinski definition) is 4. The van der Waals surface area contributed by atoms with Gasteiger partial charge in [0, 0.05) is 5.56 Å². The summed E-state index contributed by atoms with van der Waals surface area (Å²) in [5.41, 5.74) is 0.482. The summed E-state index contributed by atoms with van der Waals surface area (Å²) >= 11 is 0. The monoisotopic (exact) mass is 405 g/mol. The molecular weight excluding hydrogens is 366 g/mol. The fraction of sp³-hybridized carbons (Fsp3) is 0.667. The summed E-state index contributed by atoms with van der Waals surface area (Å²) in [6.07, 6.45) is 13.8. The second-order valence-electron chi connectivity index (χ2n) is 7.63. The largest absolute Gasteiger partial charge is 0.497 e. The van der Waals surface area contributed by atoms with Gasteiger partial charge >= 0.3 is 5.97 Å². The zero-order valence-corrected chi connectivity index (χ0v) is 18.5. The lowest BCUT2D eigenvalue weighted by molar-refractivity contribution is -0.145. The highest BCUT2D eigenvalue weighted by atomic mass is 16.5. The molecule has 1 atom stereocenters. The van der Waals surface area contributed by atoms with Gasteiger partial charge in [-0.1, -0.05) is 71.1 Å². The van der Waals surface area contributed by atoms with Crippen molar-refractivity contribution in [2.45, 2.75) is 90.5 Å². The van der Waals surface area contributed by atoms with Gasteiger partial charge in [0.1, 0.15) is 11.8 Å². The second-order valence-corrected chi connectivity index (χ2v) is 7.63. The highest BCUT2D eigenvalue weighted by Gasteiger charge is 2.17. The Hall–Kier alpha value is -2.04. The van der Waals surface area contributed by atoms with Gasteiger partial charge in [-0.05, 0) is 37.6 Å². The van der Waals surface area contributed by atoms with E-state index in [1.54, 1.807) is 38.3 Å². The lowest BCUT2D eigenvalue weighted by atomic mass is 10.1. The number of rotatable bonds is 16. The second kappa shape index (κ2) is 15.8. The first-order chi connectivity index (χ1) is 14.1. The lowest BCUT2D eigenvalue weighted by Gasteiger charge is -2.13. The number of benzene rings is 1. The number of nitrogens with one attached hydrogen (secondary N) is 1. The van der Waals surface area contributed by atoms with Crippen molar-refractivity contribution < 1.29 is 19.1 Å². The van der Waals surface area contributed by atoms with Crippen molar-refractivity contribution in [3.63, 3.8) is 0 Å². The van der Waals surface area contributed by atoms with Crippen LogP contribution in [-0.4, -0.2) is 31.6 Å². The smallest absolute Gasteiger partial charge is 0.328 e. The van der Waals surface area contributed by atoms with Gasteiger partial charge < -0.3 is 14.8 Å². The van der Waals surface area contributed by atoms with Crippen LogP contribution in [0.1, 0.15) is 94.8 Å². The van der Waals surface area contributed by atoms with Crippen LogP contribution in [0.3, 0.4) is 0 Å². The molecule has 1 unspecified atom stereocenters. The van der Waals surface area contributed by atoms with Gasteiger partial charge in [0.05, 0.1) is 13.7 Å². The van der Waals surface area contributed by atoms with Crippen LogP contribution in [0.15, 0.2) is 24.3 Å². The predicted molar refractivity (Wildman–Crippen MR) is 117 cm³/mol. The first-order valence-electron chi connectivity index (χ1n) is 11.2. The SMILES string of the molecule is CCCCCCCCCCCCCOC(=O)C(C)NC(=O)c1ccc(OC)cc1. The Morgan fingerprint density at radius 3 is 1.90 bits per heavy atom. The molecule has 0 aromatic heterocycles. The van der Waals surface area contributed by atoms with Gasteiger partial charge in [0.2, 0.25) is 0 Å². The van der Waals surface area contributed by atoms with E-state index in [1.807, 2.05) is 0 Å². The molecule has 0 radical (unpaired) electrons. The van der Waals surface area contributed by atoms with Crippen LogP contribution in [0.4, 0.5) is 0 Å². The Kier molecular flexibility index (Phi) is 13.6. The van der Waals surface area contributed by atoms with E-state index in [0.717, 1.165) is 12.8 Å². The van der Waals surface area contributed by atoms with Gasteiger partial charge in [0.25, 0.3) is 5.91 Å². The Morgan fingerprint density at radius 1 is 0.862 bits per heavy atom. The minimum atomic E-state index is -0.669. The lowest BCUT2D eigenvalue weighted by Crippen LogP contribution is -2.39. The fourth-order valence-corrected chi connectivity index (χ4v) is 3.15. The minimum absolute atomic E-state index is 0.299. The van der Waals surface area contributed by atoms with E-state index < -0.39 is 6.04 Å². The van der Waals surface area contributed by atoms with E-state index in [-0.39, 0.29) is 11.9 Å². The van der Waals surface area contributed by atoms with Gasteiger partial charge in [-0.15, -0.1) is 0 Å². The number of hydrogen-bond donors (Lipinski definition) is 1. The van der Waals surface area contributed by atoms with E-state index in [9.17, 15) is 9.59 Å². The van der Waals surface area contributed by atoms with Crippen LogP contribution in [0.2, 0.25) is 0 Å². The maximum atomic E-state index is 12.2. The summed E-state index contributed by atoms with van der Waals surface area (Å²) in [6, 6.07) is 6.08. The average Bonchev–Trinajstić information content (AvgIpc) is 2.74. The van der Waals surface area contributed by atoms with E-state index in [4.69, 9.17) is 9.47 Å². The number of carbonyl (C=O) groups is 2. The van der Waals surface area contributed by atoms with Crippen LogP contribution in [0.25, 0.3) is 0 Å². The molecule has 0 saturated carbocycles. The molecule has 0 aliphatic heterocycles. The first kappa shape index (κ1) is 25.0. The Balaban J connectivity index is 2.05. The standard InChI is InChI=1S/C24H39NO4/c1-4-5-6-7-8-9-10-11-12-13-14-19-29-24(27)20(2)25-23(26)21-15-17-22(28-3)18-16-21/h15-18,20H,4-14,19H2,1-3H3,(H,25,26). The van der Waals surface area contributed by atoms with Gasteiger partial charge in [0.15, 0.2) is 0 Å². The van der Waals surface area contributed by atoms with Crippen LogP contribution >= 0.6 is 0 Å². The van der Waals surface area contributed by atoms with Crippen molar-refractivity contribution in [1.82, 2.24) is 5.32 Å². The Morgan fingerprint density at radius 2 is 1.38 bits per heavy atom. The number of esters is 1. The molecule has 5 heteroatoms. The van der Waals surface area contributed by atoms with E-state index in [2.05, 4.69) is 12.2 Å². The van der Waals surface area contributed by atoms with Crippen molar-refractivity contribution in [3.8, 4) is 5.75 Å². The quantitative estimate of drug-likeness (QED) is 0.284. The molecule has 0 fully saturated rings. The van der Waals surface area contributed by atoms with E-state index >= 15 is 0 Å². The molecule has 0 bridgehead atoms. The molecule has 1 N–H and O–H groups in total. The van der Waals surface area contributed by atoms with Crippen molar-refractivity contribution in [2.75, 3.05) is 13.7 Å². The normalized spacial score (nSPS) is 11.7.